The molecule has 2 rings (SSSR count). The third-order valence-corrected chi connectivity index (χ3v) is 4.00. The topological polar surface area (TPSA) is 12.5 Å². The van der Waals surface area contributed by atoms with Crippen LogP contribution in [0.15, 0.2) is 11.4 Å². The lowest BCUT2D eigenvalue weighted by Crippen LogP contribution is -2.31. The molecule has 0 aromatic carbocycles. The van der Waals surface area contributed by atoms with Crippen LogP contribution in [0, 0.1) is 5.92 Å². The zero-order valence-electron chi connectivity index (χ0n) is 9.86. The molecule has 2 unspecified atom stereocenters. The Morgan fingerprint density at radius 1 is 1.47 bits per heavy atom. The van der Waals surface area contributed by atoms with E-state index in [1.807, 2.05) is 11.3 Å². The highest BCUT2D eigenvalue weighted by molar-refractivity contribution is 7.10. The summed E-state index contributed by atoms with van der Waals surface area (Å²) in [6, 6.07) is 2.68. The molecule has 84 valence electrons. The predicted octanol–water partition coefficient (Wildman–Crippen LogP) is 3.08. The van der Waals surface area contributed by atoms with Crippen molar-refractivity contribution in [3.8, 4) is 0 Å². The van der Waals surface area contributed by atoms with Gasteiger partial charge in [-0.25, -0.2) is 0 Å². The van der Waals surface area contributed by atoms with Gasteiger partial charge in [-0.1, -0.05) is 13.8 Å². The fourth-order valence-electron chi connectivity index (χ4n) is 2.12. The van der Waals surface area contributed by atoms with E-state index in [0.717, 1.165) is 6.61 Å². The van der Waals surface area contributed by atoms with E-state index >= 15 is 0 Å². The van der Waals surface area contributed by atoms with Crippen molar-refractivity contribution in [1.29, 1.82) is 0 Å². The van der Waals surface area contributed by atoms with E-state index in [9.17, 15) is 0 Å². The summed E-state index contributed by atoms with van der Waals surface area (Å²) < 4.78 is 5.97. The number of rotatable bonds is 2. The van der Waals surface area contributed by atoms with E-state index in [2.05, 4.69) is 44.3 Å². The van der Waals surface area contributed by atoms with Crippen molar-refractivity contribution >= 4 is 11.3 Å². The van der Waals surface area contributed by atoms with Gasteiger partial charge in [0, 0.05) is 4.88 Å². The first-order chi connectivity index (χ1) is 7.11. The molecule has 2 heterocycles. The van der Waals surface area contributed by atoms with E-state index in [1.165, 1.54) is 10.4 Å². The van der Waals surface area contributed by atoms with Crippen molar-refractivity contribution in [3.05, 3.63) is 21.9 Å². The molecule has 1 aliphatic rings. The molecule has 0 radical (unpaired) electrons. The normalized spacial score (nSPS) is 26.0. The average Bonchev–Trinajstić information content (AvgIpc) is 2.63. The second-order valence-corrected chi connectivity index (χ2v) is 5.67. The van der Waals surface area contributed by atoms with Crippen LogP contribution in [0.25, 0.3) is 0 Å². The van der Waals surface area contributed by atoms with Crippen LogP contribution in [0.3, 0.4) is 0 Å². The zero-order valence-corrected chi connectivity index (χ0v) is 10.7. The quantitative estimate of drug-likeness (QED) is 0.767. The molecule has 0 amide bonds. The molecule has 15 heavy (non-hydrogen) atoms. The lowest BCUT2D eigenvalue weighted by atomic mass is 9.96. The van der Waals surface area contributed by atoms with Crippen molar-refractivity contribution in [2.24, 2.45) is 5.92 Å². The van der Waals surface area contributed by atoms with Crippen molar-refractivity contribution in [2.45, 2.75) is 26.0 Å². The minimum Gasteiger partial charge on any atom is -0.370 e. The average molecular weight is 225 g/mol. The zero-order chi connectivity index (χ0) is 11.0. The maximum atomic E-state index is 5.97. The highest BCUT2D eigenvalue weighted by Crippen LogP contribution is 2.41. The fourth-order valence-corrected chi connectivity index (χ4v) is 3.30. The summed E-state index contributed by atoms with van der Waals surface area (Å²) in [5.41, 5.74) is 1.47. The number of hydrogen-bond acceptors (Lipinski definition) is 3. The number of fused-ring (bicyclic) bond motifs is 1. The van der Waals surface area contributed by atoms with E-state index in [4.69, 9.17) is 4.74 Å². The largest absolute Gasteiger partial charge is 0.370 e. The number of likely N-dealkylation sites (N-methyl/N-ethyl adjacent to an activating group) is 1. The van der Waals surface area contributed by atoms with Crippen LogP contribution < -0.4 is 0 Å². The second-order valence-electron chi connectivity index (χ2n) is 4.72. The minimum absolute atomic E-state index is 0.302. The van der Waals surface area contributed by atoms with Gasteiger partial charge >= 0.3 is 0 Å². The van der Waals surface area contributed by atoms with E-state index < -0.39 is 0 Å². The van der Waals surface area contributed by atoms with Gasteiger partial charge in [0.1, 0.15) is 0 Å². The van der Waals surface area contributed by atoms with Crippen molar-refractivity contribution in [3.63, 3.8) is 0 Å². The van der Waals surface area contributed by atoms with Crippen molar-refractivity contribution in [2.75, 3.05) is 20.7 Å². The SMILES string of the molecule is CC(C)C1OCC(N(C)C)c2ccsc21. The summed E-state index contributed by atoms with van der Waals surface area (Å²) >= 11 is 1.83. The maximum absolute atomic E-state index is 5.97. The molecule has 0 saturated heterocycles. The molecule has 0 bridgehead atoms. The van der Waals surface area contributed by atoms with Crippen LogP contribution in [0.5, 0.6) is 0 Å². The van der Waals surface area contributed by atoms with Gasteiger partial charge in [-0.15, -0.1) is 11.3 Å². The molecule has 1 aromatic heterocycles. The van der Waals surface area contributed by atoms with Gasteiger partial charge < -0.3 is 9.64 Å². The van der Waals surface area contributed by atoms with E-state index in [1.54, 1.807) is 0 Å². The van der Waals surface area contributed by atoms with Crippen molar-refractivity contribution in [1.82, 2.24) is 4.90 Å². The standard InChI is InChI=1S/C12H19NOS/c1-8(2)11-12-9(5-6-15-12)10(7-14-11)13(3)4/h5-6,8,10-11H,7H2,1-4H3. The lowest BCUT2D eigenvalue weighted by molar-refractivity contribution is -0.0215. The predicted molar refractivity (Wildman–Crippen MR) is 64.3 cm³/mol. The van der Waals surface area contributed by atoms with Crippen LogP contribution in [0.4, 0.5) is 0 Å². The van der Waals surface area contributed by atoms with Gasteiger partial charge in [0.05, 0.1) is 18.8 Å². The van der Waals surface area contributed by atoms with Gasteiger partial charge in [0.25, 0.3) is 0 Å². The molecule has 0 saturated carbocycles. The molecule has 0 fully saturated rings. The highest BCUT2D eigenvalue weighted by atomic mass is 32.1. The van der Waals surface area contributed by atoms with Crippen LogP contribution in [-0.4, -0.2) is 25.6 Å². The summed E-state index contributed by atoms with van der Waals surface area (Å²) in [6.07, 6.45) is 0.302. The Morgan fingerprint density at radius 2 is 2.20 bits per heavy atom. The van der Waals surface area contributed by atoms with Crippen molar-refractivity contribution < 1.29 is 4.74 Å². The Balaban J connectivity index is 2.33. The van der Waals surface area contributed by atoms with Gasteiger partial charge in [0.15, 0.2) is 0 Å². The van der Waals surface area contributed by atoms with E-state index in [-0.39, 0.29) is 0 Å². The maximum Gasteiger partial charge on any atom is 0.0943 e. The highest BCUT2D eigenvalue weighted by Gasteiger charge is 2.31. The lowest BCUT2D eigenvalue weighted by Gasteiger charge is -2.34. The summed E-state index contributed by atoms with van der Waals surface area (Å²) in [5, 5.41) is 2.19. The summed E-state index contributed by atoms with van der Waals surface area (Å²) in [4.78, 5) is 3.66. The number of thiophene rings is 1. The molecular formula is C12H19NOS. The van der Waals surface area contributed by atoms with Crippen LogP contribution >= 0.6 is 11.3 Å². The molecule has 0 N–H and O–H groups in total. The number of nitrogens with zero attached hydrogens (tertiary/aromatic N) is 1. The fraction of sp³-hybridized carbons (Fsp3) is 0.667. The van der Waals surface area contributed by atoms with Crippen LogP contribution in [0.2, 0.25) is 0 Å². The Morgan fingerprint density at radius 3 is 2.80 bits per heavy atom. The first kappa shape index (κ1) is 11.1. The van der Waals surface area contributed by atoms with E-state index in [0.29, 0.717) is 18.1 Å². The van der Waals surface area contributed by atoms with Gasteiger partial charge in [0.2, 0.25) is 0 Å². The molecule has 2 nitrogen and oxygen atoms in total. The first-order valence-corrected chi connectivity index (χ1v) is 6.34. The van der Waals surface area contributed by atoms with Gasteiger partial charge in [-0.05, 0) is 37.0 Å². The first-order valence-electron chi connectivity index (χ1n) is 5.46. The number of ether oxygens (including phenoxy) is 1. The summed E-state index contributed by atoms with van der Waals surface area (Å²) in [6.45, 7) is 5.27. The molecule has 0 spiro atoms. The smallest absolute Gasteiger partial charge is 0.0943 e. The molecule has 1 aliphatic heterocycles. The summed E-state index contributed by atoms with van der Waals surface area (Å²) in [7, 11) is 4.23. The Hall–Kier alpha value is -0.380. The molecular weight excluding hydrogens is 206 g/mol. The molecule has 1 aromatic rings. The Bertz CT molecular complexity index is 302. The molecule has 2 atom stereocenters. The third kappa shape index (κ3) is 1.96. The minimum atomic E-state index is 0.302. The van der Waals surface area contributed by atoms with Crippen LogP contribution in [0.1, 0.15) is 36.4 Å². The molecule has 0 aliphatic carbocycles. The number of hydrogen-bond donors (Lipinski definition) is 0. The Kier molecular flexibility index (Phi) is 3.14. The van der Waals surface area contributed by atoms with Crippen LogP contribution in [-0.2, 0) is 4.74 Å². The third-order valence-electron chi connectivity index (χ3n) is 3.01. The Labute approximate surface area is 95.9 Å². The summed E-state index contributed by atoms with van der Waals surface area (Å²) in [5.74, 6) is 0.561. The second kappa shape index (κ2) is 4.24. The monoisotopic (exact) mass is 225 g/mol. The van der Waals surface area contributed by atoms with Gasteiger partial charge in [-0.2, -0.15) is 0 Å². The van der Waals surface area contributed by atoms with Gasteiger partial charge in [-0.3, -0.25) is 0 Å². The molecule has 3 heteroatoms.